The molecular weight excluding hydrogens is 288 g/mol. The van der Waals surface area contributed by atoms with E-state index in [1.165, 1.54) is 24.6 Å². The topological polar surface area (TPSA) is 84.7 Å². The largest absolute Gasteiger partial charge is 0.355 e. The number of carbonyl (C=O) groups excluding carboxylic acids is 1. The maximum Gasteiger partial charge on any atom is 0.233 e. The number of hydrogen-bond donors (Lipinski definition) is 2. The van der Waals surface area contributed by atoms with Gasteiger partial charge in [-0.1, -0.05) is 25.6 Å². The molecule has 0 aromatic carbocycles. The van der Waals surface area contributed by atoms with E-state index in [9.17, 15) is 4.79 Å². The van der Waals surface area contributed by atoms with Gasteiger partial charge in [-0.2, -0.15) is 0 Å². The fourth-order valence-electron chi connectivity index (χ4n) is 1.74. The van der Waals surface area contributed by atoms with Gasteiger partial charge in [-0.15, -0.1) is 5.10 Å². The second kappa shape index (κ2) is 7.74. The predicted molar refractivity (Wildman–Crippen MR) is 82.0 cm³/mol. The van der Waals surface area contributed by atoms with Crippen LogP contribution in [0.2, 0.25) is 0 Å². The average molecular weight is 312 g/mol. The van der Waals surface area contributed by atoms with Gasteiger partial charge in [0.15, 0.2) is 0 Å². The van der Waals surface area contributed by atoms with Gasteiger partial charge in [-0.05, 0) is 36.1 Å². The fourth-order valence-corrected chi connectivity index (χ4v) is 2.58. The van der Waals surface area contributed by atoms with Gasteiger partial charge in [0, 0.05) is 19.1 Å². The van der Waals surface area contributed by atoms with E-state index in [2.05, 4.69) is 40.0 Å². The normalized spacial score (nSPS) is 16.2. The molecule has 0 aliphatic heterocycles. The molecule has 1 fully saturated rings. The van der Waals surface area contributed by atoms with E-state index in [0.717, 1.165) is 13.1 Å². The van der Waals surface area contributed by atoms with Crippen molar-refractivity contribution < 1.29 is 4.79 Å². The highest BCUT2D eigenvalue weighted by Gasteiger charge is 2.21. The van der Waals surface area contributed by atoms with Gasteiger partial charge in [0.1, 0.15) is 0 Å². The minimum Gasteiger partial charge on any atom is -0.355 e. The molecule has 2 N–H and O–H groups in total. The number of tetrazole rings is 1. The molecule has 1 unspecified atom stereocenters. The van der Waals surface area contributed by atoms with E-state index in [1.807, 2.05) is 6.92 Å². The monoisotopic (exact) mass is 312 g/mol. The molecule has 1 aliphatic rings. The van der Waals surface area contributed by atoms with Crippen molar-refractivity contribution in [3.8, 4) is 0 Å². The Balaban J connectivity index is 1.78. The summed E-state index contributed by atoms with van der Waals surface area (Å²) in [7, 11) is 0. The first-order chi connectivity index (χ1) is 10.1. The zero-order valence-corrected chi connectivity index (χ0v) is 13.7. The quantitative estimate of drug-likeness (QED) is 0.652. The first-order valence-corrected chi connectivity index (χ1v) is 8.38. The Labute approximate surface area is 129 Å². The highest BCUT2D eigenvalue weighted by molar-refractivity contribution is 8.00. The lowest BCUT2D eigenvalue weighted by atomic mass is 10.2. The maximum atomic E-state index is 12.0. The Morgan fingerprint density at radius 2 is 2.19 bits per heavy atom. The van der Waals surface area contributed by atoms with Crippen molar-refractivity contribution >= 4 is 17.7 Å². The summed E-state index contributed by atoms with van der Waals surface area (Å²) in [6.45, 7) is 8.31. The van der Waals surface area contributed by atoms with E-state index in [1.54, 1.807) is 4.68 Å². The van der Waals surface area contributed by atoms with E-state index in [0.29, 0.717) is 23.7 Å². The number of rotatable bonds is 9. The zero-order valence-electron chi connectivity index (χ0n) is 12.9. The Kier molecular flexibility index (Phi) is 5.98. The van der Waals surface area contributed by atoms with Crippen LogP contribution >= 0.6 is 11.8 Å². The molecule has 1 aliphatic carbocycles. The summed E-state index contributed by atoms with van der Waals surface area (Å²) in [4.78, 5) is 12.0. The van der Waals surface area contributed by atoms with Crippen LogP contribution in [0.25, 0.3) is 0 Å². The Morgan fingerprint density at radius 3 is 2.86 bits per heavy atom. The predicted octanol–water partition coefficient (Wildman–Crippen LogP) is 0.678. The third kappa shape index (κ3) is 5.62. The molecule has 0 bridgehead atoms. The average Bonchev–Trinajstić information content (AvgIpc) is 3.16. The number of carbonyl (C=O) groups is 1. The van der Waals surface area contributed by atoms with Gasteiger partial charge in [-0.3, -0.25) is 4.79 Å². The summed E-state index contributed by atoms with van der Waals surface area (Å²) in [6.07, 6.45) is 2.54. The van der Waals surface area contributed by atoms with Crippen LogP contribution in [0.3, 0.4) is 0 Å². The number of amides is 1. The van der Waals surface area contributed by atoms with Crippen molar-refractivity contribution in [2.24, 2.45) is 5.92 Å². The van der Waals surface area contributed by atoms with Gasteiger partial charge in [0.05, 0.1) is 11.8 Å². The van der Waals surface area contributed by atoms with Crippen LogP contribution in [0.4, 0.5) is 0 Å². The summed E-state index contributed by atoms with van der Waals surface area (Å²) in [6, 6.07) is 0.679. The third-order valence-electron chi connectivity index (χ3n) is 3.17. The van der Waals surface area contributed by atoms with Crippen LogP contribution in [-0.4, -0.2) is 50.5 Å². The van der Waals surface area contributed by atoms with Crippen LogP contribution < -0.4 is 10.6 Å². The summed E-state index contributed by atoms with van der Waals surface area (Å²) in [5.41, 5.74) is 0. The van der Waals surface area contributed by atoms with Crippen LogP contribution in [0.1, 0.15) is 33.6 Å². The third-order valence-corrected chi connectivity index (χ3v) is 4.24. The van der Waals surface area contributed by atoms with Crippen LogP contribution in [-0.2, 0) is 11.3 Å². The highest BCUT2D eigenvalue weighted by Crippen LogP contribution is 2.21. The Bertz CT molecular complexity index is 459. The smallest absolute Gasteiger partial charge is 0.233 e. The van der Waals surface area contributed by atoms with Gasteiger partial charge in [0.2, 0.25) is 11.1 Å². The van der Waals surface area contributed by atoms with Crippen LogP contribution in [0.5, 0.6) is 0 Å². The number of aromatic nitrogens is 4. The Hall–Kier alpha value is -1.15. The molecule has 0 spiro atoms. The zero-order chi connectivity index (χ0) is 15.2. The van der Waals surface area contributed by atoms with E-state index in [4.69, 9.17) is 0 Å². The Morgan fingerprint density at radius 1 is 1.43 bits per heavy atom. The molecule has 2 rings (SSSR count). The van der Waals surface area contributed by atoms with Crippen molar-refractivity contribution in [3.63, 3.8) is 0 Å². The molecule has 0 saturated heterocycles. The van der Waals surface area contributed by atoms with Crippen LogP contribution in [0.15, 0.2) is 5.16 Å². The molecule has 1 aromatic rings. The molecule has 0 radical (unpaired) electrons. The SMILES string of the molecule is CC(C)CNC(=O)C(C)Sc1nnnn1CCNC1CC1. The molecular formula is C13H24N6OS. The van der Waals surface area contributed by atoms with Crippen molar-refractivity contribution in [2.45, 2.75) is 56.6 Å². The number of nitrogens with zero attached hydrogens (tertiary/aromatic N) is 4. The molecule has 1 saturated carbocycles. The highest BCUT2D eigenvalue weighted by atomic mass is 32.2. The molecule has 1 aromatic heterocycles. The van der Waals surface area contributed by atoms with Gasteiger partial charge in [-0.25, -0.2) is 4.68 Å². The lowest BCUT2D eigenvalue weighted by Crippen LogP contribution is -2.33. The summed E-state index contributed by atoms with van der Waals surface area (Å²) in [5.74, 6) is 0.476. The first-order valence-electron chi connectivity index (χ1n) is 7.50. The maximum absolute atomic E-state index is 12.0. The van der Waals surface area contributed by atoms with E-state index >= 15 is 0 Å². The number of hydrogen-bond acceptors (Lipinski definition) is 6. The van der Waals surface area contributed by atoms with Crippen LogP contribution in [0, 0.1) is 5.92 Å². The fraction of sp³-hybridized carbons (Fsp3) is 0.846. The molecule has 1 amide bonds. The molecule has 1 heterocycles. The number of nitrogens with one attached hydrogen (secondary N) is 2. The second-order valence-electron chi connectivity index (χ2n) is 5.81. The van der Waals surface area contributed by atoms with Gasteiger partial charge < -0.3 is 10.6 Å². The second-order valence-corrected chi connectivity index (χ2v) is 7.12. The van der Waals surface area contributed by atoms with Crippen molar-refractivity contribution in [3.05, 3.63) is 0 Å². The molecule has 21 heavy (non-hydrogen) atoms. The lowest BCUT2D eigenvalue weighted by molar-refractivity contribution is -0.120. The molecule has 118 valence electrons. The number of thioether (sulfide) groups is 1. The lowest BCUT2D eigenvalue weighted by Gasteiger charge is -2.13. The molecule has 8 heteroatoms. The van der Waals surface area contributed by atoms with Gasteiger partial charge >= 0.3 is 0 Å². The van der Waals surface area contributed by atoms with E-state index in [-0.39, 0.29) is 11.2 Å². The van der Waals surface area contributed by atoms with Crippen molar-refractivity contribution in [1.82, 2.24) is 30.8 Å². The van der Waals surface area contributed by atoms with Gasteiger partial charge in [0.25, 0.3) is 0 Å². The minimum atomic E-state index is -0.204. The molecule has 7 nitrogen and oxygen atoms in total. The van der Waals surface area contributed by atoms with Crippen molar-refractivity contribution in [1.29, 1.82) is 0 Å². The van der Waals surface area contributed by atoms with E-state index < -0.39 is 0 Å². The summed E-state index contributed by atoms with van der Waals surface area (Å²) < 4.78 is 1.76. The standard InChI is InChI=1S/C13H24N6OS/c1-9(2)8-15-12(20)10(3)21-13-16-17-18-19(13)7-6-14-11-4-5-11/h9-11,14H,4-8H2,1-3H3,(H,15,20). The minimum absolute atomic E-state index is 0.0272. The summed E-state index contributed by atoms with van der Waals surface area (Å²) in [5, 5.41) is 18.5. The van der Waals surface area contributed by atoms with Crippen molar-refractivity contribution in [2.75, 3.05) is 13.1 Å². The summed E-state index contributed by atoms with van der Waals surface area (Å²) >= 11 is 1.40. The molecule has 1 atom stereocenters. The first kappa shape index (κ1) is 16.2.